The van der Waals surface area contributed by atoms with E-state index in [1.54, 1.807) is 0 Å². The van der Waals surface area contributed by atoms with E-state index in [0.29, 0.717) is 18.6 Å². The molecule has 0 aromatic rings. The lowest BCUT2D eigenvalue weighted by atomic mass is 9.85. The molecule has 3 nitrogen and oxygen atoms in total. The average Bonchev–Trinajstić information content (AvgIpc) is 3.02. The number of nitrogens with zero attached hydrogens (tertiary/aromatic N) is 1. The zero-order chi connectivity index (χ0) is 14.0. The summed E-state index contributed by atoms with van der Waals surface area (Å²) in [6.45, 7) is 5.21. The molecule has 2 aliphatic carbocycles. The Hall–Kier alpha value is -0.120. The topological polar surface area (TPSA) is 35.5 Å². The van der Waals surface area contributed by atoms with Crippen molar-refractivity contribution in [1.29, 1.82) is 0 Å². The second kappa shape index (κ2) is 6.33. The Morgan fingerprint density at radius 2 is 2.05 bits per heavy atom. The average molecular weight is 280 g/mol. The van der Waals surface area contributed by atoms with E-state index in [4.69, 9.17) is 0 Å². The Morgan fingerprint density at radius 3 is 2.75 bits per heavy atom. The van der Waals surface area contributed by atoms with Crippen LogP contribution in [0, 0.1) is 5.92 Å². The molecule has 1 heterocycles. The van der Waals surface area contributed by atoms with Gasteiger partial charge in [-0.25, -0.2) is 0 Å². The van der Waals surface area contributed by atoms with Crippen LogP contribution in [0.5, 0.6) is 0 Å². The van der Waals surface area contributed by atoms with E-state index in [2.05, 4.69) is 17.1 Å². The first kappa shape index (κ1) is 14.8. The molecule has 20 heavy (non-hydrogen) atoms. The summed E-state index contributed by atoms with van der Waals surface area (Å²) in [4.78, 5) is 2.71. The smallest absolute Gasteiger partial charge is 0.0616 e. The monoisotopic (exact) mass is 280 g/mol. The van der Waals surface area contributed by atoms with Crippen LogP contribution < -0.4 is 5.32 Å². The first-order valence-electron chi connectivity index (χ1n) is 8.90. The van der Waals surface area contributed by atoms with Gasteiger partial charge in [0.05, 0.1) is 6.61 Å². The second-order valence-corrected chi connectivity index (χ2v) is 7.35. The summed E-state index contributed by atoms with van der Waals surface area (Å²) in [6, 6.07) is 1.54. The quantitative estimate of drug-likeness (QED) is 0.752. The Labute approximate surface area is 124 Å². The van der Waals surface area contributed by atoms with Gasteiger partial charge in [0, 0.05) is 17.6 Å². The summed E-state index contributed by atoms with van der Waals surface area (Å²) in [6.07, 6.45) is 11.8. The lowest BCUT2D eigenvalue weighted by Gasteiger charge is -2.36. The minimum atomic E-state index is 0.0581. The van der Waals surface area contributed by atoms with Crippen LogP contribution in [0.15, 0.2) is 0 Å². The van der Waals surface area contributed by atoms with E-state index in [-0.39, 0.29) is 5.54 Å². The van der Waals surface area contributed by atoms with E-state index in [1.807, 2.05) is 0 Å². The molecule has 3 aliphatic rings. The molecule has 3 heteroatoms. The van der Waals surface area contributed by atoms with Crippen LogP contribution in [0.1, 0.15) is 64.7 Å². The summed E-state index contributed by atoms with van der Waals surface area (Å²) >= 11 is 0. The highest BCUT2D eigenvalue weighted by Crippen LogP contribution is 2.40. The first-order valence-corrected chi connectivity index (χ1v) is 8.90. The lowest BCUT2D eigenvalue weighted by Crippen LogP contribution is -2.53. The standard InChI is InChI=1S/C17H32N2O/c1-2-16-6-4-11-19(16)12-9-14-5-3-10-17(14,13-20)18-15-7-8-15/h14-16,18,20H,2-13H2,1H3. The maximum atomic E-state index is 9.98. The summed E-state index contributed by atoms with van der Waals surface area (Å²) in [5, 5.41) is 13.8. The Kier molecular flexibility index (Phi) is 4.68. The summed E-state index contributed by atoms with van der Waals surface area (Å²) in [5.41, 5.74) is 0.0581. The molecule has 2 saturated carbocycles. The molecule has 2 N–H and O–H groups in total. The summed E-state index contributed by atoms with van der Waals surface area (Å²) in [5.74, 6) is 0.686. The fourth-order valence-corrected chi connectivity index (χ4v) is 4.62. The molecule has 3 unspecified atom stereocenters. The molecule has 3 rings (SSSR count). The summed E-state index contributed by atoms with van der Waals surface area (Å²) < 4.78 is 0. The van der Waals surface area contributed by atoms with Gasteiger partial charge >= 0.3 is 0 Å². The van der Waals surface area contributed by atoms with E-state index in [1.165, 1.54) is 70.9 Å². The maximum absolute atomic E-state index is 9.98. The Bertz CT molecular complexity index is 318. The van der Waals surface area contributed by atoms with Crippen LogP contribution >= 0.6 is 0 Å². The van der Waals surface area contributed by atoms with Gasteiger partial charge in [0.15, 0.2) is 0 Å². The van der Waals surface area contributed by atoms with Crippen molar-refractivity contribution in [1.82, 2.24) is 10.2 Å². The zero-order valence-electron chi connectivity index (χ0n) is 13.1. The van der Waals surface area contributed by atoms with Crippen molar-refractivity contribution in [3.05, 3.63) is 0 Å². The van der Waals surface area contributed by atoms with Gasteiger partial charge in [0.1, 0.15) is 0 Å². The van der Waals surface area contributed by atoms with Crippen molar-refractivity contribution < 1.29 is 5.11 Å². The highest BCUT2D eigenvalue weighted by molar-refractivity contribution is 5.03. The minimum absolute atomic E-state index is 0.0581. The fraction of sp³-hybridized carbons (Fsp3) is 1.00. The third-order valence-corrected chi connectivity index (χ3v) is 6.04. The molecule has 0 aromatic carbocycles. The number of aliphatic hydroxyl groups is 1. The van der Waals surface area contributed by atoms with Crippen LogP contribution in [-0.4, -0.2) is 47.3 Å². The van der Waals surface area contributed by atoms with Crippen LogP contribution in [0.25, 0.3) is 0 Å². The molecule has 3 atom stereocenters. The molecule has 1 aliphatic heterocycles. The van der Waals surface area contributed by atoms with Gasteiger partial charge < -0.3 is 15.3 Å². The van der Waals surface area contributed by atoms with Crippen molar-refractivity contribution >= 4 is 0 Å². The van der Waals surface area contributed by atoms with E-state index < -0.39 is 0 Å². The van der Waals surface area contributed by atoms with Gasteiger partial charge in [-0.15, -0.1) is 0 Å². The van der Waals surface area contributed by atoms with Crippen molar-refractivity contribution in [2.75, 3.05) is 19.7 Å². The molecular formula is C17H32N2O. The molecule has 0 radical (unpaired) electrons. The normalized spacial score (nSPS) is 38.7. The summed E-state index contributed by atoms with van der Waals surface area (Å²) in [7, 11) is 0. The van der Waals surface area contributed by atoms with Crippen molar-refractivity contribution in [2.24, 2.45) is 5.92 Å². The maximum Gasteiger partial charge on any atom is 0.0616 e. The van der Waals surface area contributed by atoms with Crippen molar-refractivity contribution in [3.8, 4) is 0 Å². The predicted molar refractivity (Wildman–Crippen MR) is 82.8 cm³/mol. The van der Waals surface area contributed by atoms with Gasteiger partial charge in [-0.2, -0.15) is 0 Å². The molecule has 0 bridgehead atoms. The SMILES string of the molecule is CCC1CCCN1CCC1CCCC1(CO)NC1CC1. The number of aliphatic hydroxyl groups excluding tert-OH is 1. The van der Waals surface area contributed by atoms with Gasteiger partial charge in [-0.05, 0) is 70.4 Å². The van der Waals surface area contributed by atoms with Crippen molar-refractivity contribution in [2.45, 2.75) is 82.3 Å². The number of nitrogens with one attached hydrogen (secondary N) is 1. The van der Waals surface area contributed by atoms with Crippen LogP contribution in [0.3, 0.4) is 0 Å². The lowest BCUT2D eigenvalue weighted by molar-refractivity contribution is 0.107. The number of hydrogen-bond acceptors (Lipinski definition) is 3. The minimum Gasteiger partial charge on any atom is -0.394 e. The first-order chi connectivity index (χ1) is 9.77. The van der Waals surface area contributed by atoms with E-state index in [0.717, 1.165) is 6.04 Å². The molecule has 116 valence electrons. The molecule has 0 aromatic heterocycles. The molecular weight excluding hydrogens is 248 g/mol. The predicted octanol–water partition coefficient (Wildman–Crippen LogP) is 2.53. The second-order valence-electron chi connectivity index (χ2n) is 7.35. The highest BCUT2D eigenvalue weighted by atomic mass is 16.3. The third kappa shape index (κ3) is 3.05. The van der Waals surface area contributed by atoms with Gasteiger partial charge in [-0.3, -0.25) is 0 Å². The number of likely N-dealkylation sites (tertiary alicyclic amines) is 1. The van der Waals surface area contributed by atoms with Crippen molar-refractivity contribution in [3.63, 3.8) is 0 Å². The fourth-order valence-electron chi connectivity index (χ4n) is 4.62. The molecule has 0 spiro atoms. The molecule has 1 saturated heterocycles. The van der Waals surface area contributed by atoms with Crippen LogP contribution in [0.2, 0.25) is 0 Å². The van der Waals surface area contributed by atoms with E-state index in [9.17, 15) is 5.11 Å². The largest absolute Gasteiger partial charge is 0.394 e. The van der Waals surface area contributed by atoms with Crippen LogP contribution in [0.4, 0.5) is 0 Å². The number of rotatable bonds is 7. The Morgan fingerprint density at radius 1 is 1.20 bits per heavy atom. The van der Waals surface area contributed by atoms with Gasteiger partial charge in [0.2, 0.25) is 0 Å². The van der Waals surface area contributed by atoms with Gasteiger partial charge in [-0.1, -0.05) is 13.3 Å². The highest BCUT2D eigenvalue weighted by Gasteiger charge is 2.45. The third-order valence-electron chi connectivity index (χ3n) is 6.04. The molecule has 3 fully saturated rings. The van der Waals surface area contributed by atoms with Crippen LogP contribution in [-0.2, 0) is 0 Å². The van der Waals surface area contributed by atoms with Gasteiger partial charge in [0.25, 0.3) is 0 Å². The Balaban J connectivity index is 1.54. The van der Waals surface area contributed by atoms with E-state index >= 15 is 0 Å². The zero-order valence-corrected chi connectivity index (χ0v) is 13.1. The molecule has 0 amide bonds. The number of hydrogen-bond donors (Lipinski definition) is 2.